The van der Waals surface area contributed by atoms with E-state index in [-0.39, 0.29) is 6.42 Å². The second-order valence-electron chi connectivity index (χ2n) is 7.69. The average molecular weight is 489 g/mol. The highest BCUT2D eigenvalue weighted by atomic mass is 16.4. The molecule has 11 N–H and O–H groups in total. The number of aliphatic carboxylic acids is 1. The zero-order valence-corrected chi connectivity index (χ0v) is 18.6. The lowest BCUT2D eigenvalue weighted by Crippen LogP contribution is -2.57. The van der Waals surface area contributed by atoms with Crippen molar-refractivity contribution in [1.29, 1.82) is 0 Å². The Balaban J connectivity index is 2.33. The molecule has 188 valence electrons. The number of rotatable bonds is 13. The molecule has 0 saturated heterocycles. The lowest BCUT2D eigenvalue weighted by Gasteiger charge is -2.24. The third-order valence-electron chi connectivity index (χ3n) is 4.99. The van der Waals surface area contributed by atoms with Gasteiger partial charge < -0.3 is 43.2 Å². The van der Waals surface area contributed by atoms with E-state index in [9.17, 15) is 33.9 Å². The first kappa shape index (κ1) is 26.8. The highest BCUT2D eigenvalue weighted by Crippen LogP contribution is 2.19. The van der Waals surface area contributed by atoms with Gasteiger partial charge in [-0.3, -0.25) is 24.0 Å². The van der Waals surface area contributed by atoms with Gasteiger partial charge in [0.1, 0.15) is 18.1 Å². The Morgan fingerprint density at radius 1 is 0.857 bits per heavy atom. The predicted octanol–water partition coefficient (Wildman–Crippen LogP) is -3.04. The second kappa shape index (κ2) is 12.1. The van der Waals surface area contributed by atoms with Crippen LogP contribution < -0.4 is 33.2 Å². The van der Waals surface area contributed by atoms with Gasteiger partial charge in [-0.2, -0.15) is 0 Å². The van der Waals surface area contributed by atoms with Crippen LogP contribution in [0.4, 0.5) is 0 Å². The number of amides is 5. The van der Waals surface area contributed by atoms with Gasteiger partial charge in [-0.25, -0.2) is 4.79 Å². The Morgan fingerprint density at radius 3 is 2.03 bits per heavy atom. The smallest absolute Gasteiger partial charge is 0.326 e. The van der Waals surface area contributed by atoms with Crippen LogP contribution in [0.3, 0.4) is 0 Å². The van der Waals surface area contributed by atoms with Gasteiger partial charge in [0.2, 0.25) is 29.5 Å². The molecular formula is C21H27N7O7. The molecule has 1 aromatic heterocycles. The number of fused-ring (bicyclic) bond motifs is 1. The second-order valence-corrected chi connectivity index (χ2v) is 7.69. The molecular weight excluding hydrogens is 462 g/mol. The Hall–Kier alpha value is -4.46. The number of carbonyl (C=O) groups excluding carboxylic acids is 5. The molecule has 0 aliphatic rings. The number of aromatic nitrogens is 1. The molecule has 5 amide bonds. The van der Waals surface area contributed by atoms with Crippen LogP contribution in [0.1, 0.15) is 18.4 Å². The van der Waals surface area contributed by atoms with Crippen molar-refractivity contribution in [3.63, 3.8) is 0 Å². The maximum Gasteiger partial charge on any atom is 0.326 e. The van der Waals surface area contributed by atoms with Crippen LogP contribution in [-0.2, 0) is 35.2 Å². The van der Waals surface area contributed by atoms with Crippen molar-refractivity contribution in [2.24, 2.45) is 17.2 Å². The molecule has 0 bridgehead atoms. The third kappa shape index (κ3) is 7.82. The molecule has 1 heterocycles. The highest BCUT2D eigenvalue weighted by molar-refractivity contribution is 5.96. The van der Waals surface area contributed by atoms with E-state index < -0.39 is 73.0 Å². The summed E-state index contributed by atoms with van der Waals surface area (Å²) in [4.78, 5) is 74.7. The van der Waals surface area contributed by atoms with E-state index in [1.54, 1.807) is 30.5 Å². The summed E-state index contributed by atoms with van der Waals surface area (Å²) in [6, 6.07) is 2.72. The number of hydrogen-bond donors (Lipinski definition) is 8. The van der Waals surface area contributed by atoms with Crippen LogP contribution in [0, 0.1) is 0 Å². The molecule has 2 rings (SSSR count). The lowest BCUT2D eigenvalue weighted by atomic mass is 10.0. The maximum atomic E-state index is 13.0. The fourth-order valence-electron chi connectivity index (χ4n) is 3.34. The summed E-state index contributed by atoms with van der Waals surface area (Å²) < 4.78 is 0. The largest absolute Gasteiger partial charge is 0.480 e. The summed E-state index contributed by atoms with van der Waals surface area (Å²) in [5.74, 6) is -5.95. The van der Waals surface area contributed by atoms with Crippen LogP contribution >= 0.6 is 0 Å². The number of benzene rings is 1. The van der Waals surface area contributed by atoms with Gasteiger partial charge in [0.25, 0.3) is 0 Å². The summed E-state index contributed by atoms with van der Waals surface area (Å²) in [5.41, 5.74) is 16.8. The number of H-pyrrole nitrogens is 1. The standard InChI is InChI=1S/C21H27N7O7/c22-8-18(31)26-14(6-16(23)29)20(33)27-13(19(32)28-15(21(34)35)7-17(24)30)5-10-9-25-12-4-2-1-3-11(10)12/h1-4,9,13-15,25H,5-8,22H2,(H2,23,29)(H2,24,30)(H,26,31)(H,27,33)(H,28,32)(H,34,35). The summed E-state index contributed by atoms with van der Waals surface area (Å²) >= 11 is 0. The number of nitrogens with one attached hydrogen (secondary N) is 4. The van der Waals surface area contributed by atoms with Crippen molar-refractivity contribution in [2.45, 2.75) is 37.4 Å². The molecule has 3 atom stereocenters. The summed E-state index contributed by atoms with van der Waals surface area (Å²) in [6.07, 6.45) is 0.273. The topological polar surface area (TPSA) is 253 Å². The molecule has 35 heavy (non-hydrogen) atoms. The first-order valence-corrected chi connectivity index (χ1v) is 10.5. The monoisotopic (exact) mass is 489 g/mol. The Morgan fingerprint density at radius 2 is 1.43 bits per heavy atom. The van der Waals surface area contributed by atoms with Crippen molar-refractivity contribution >= 4 is 46.4 Å². The summed E-state index contributed by atoms with van der Waals surface area (Å²) in [7, 11) is 0. The molecule has 14 heteroatoms. The van der Waals surface area contributed by atoms with Crippen molar-refractivity contribution in [1.82, 2.24) is 20.9 Å². The first-order chi connectivity index (χ1) is 16.5. The number of aromatic amines is 1. The molecule has 0 radical (unpaired) electrons. The van der Waals surface area contributed by atoms with E-state index in [1.807, 2.05) is 0 Å². The predicted molar refractivity (Wildman–Crippen MR) is 122 cm³/mol. The van der Waals surface area contributed by atoms with Crippen molar-refractivity contribution in [3.8, 4) is 0 Å². The fourth-order valence-corrected chi connectivity index (χ4v) is 3.34. The van der Waals surface area contributed by atoms with E-state index >= 15 is 0 Å². The molecule has 0 fully saturated rings. The molecule has 0 saturated carbocycles. The number of carbonyl (C=O) groups is 6. The molecule has 1 aromatic carbocycles. The molecule has 0 aliphatic heterocycles. The van der Waals surface area contributed by atoms with Gasteiger partial charge in [0.05, 0.1) is 19.4 Å². The number of carboxylic acid groups (broad SMARTS) is 1. The quantitative estimate of drug-likeness (QED) is 0.143. The van der Waals surface area contributed by atoms with Crippen molar-refractivity contribution in [3.05, 3.63) is 36.0 Å². The SMILES string of the molecule is NCC(=O)NC(CC(N)=O)C(=O)NC(Cc1c[nH]c2ccccc12)C(=O)NC(CC(N)=O)C(=O)O. The first-order valence-electron chi connectivity index (χ1n) is 10.5. The van der Waals surface area contributed by atoms with Crippen molar-refractivity contribution < 1.29 is 33.9 Å². The molecule has 3 unspecified atom stereocenters. The van der Waals surface area contributed by atoms with Gasteiger partial charge >= 0.3 is 5.97 Å². The van der Waals surface area contributed by atoms with Gasteiger partial charge in [-0.05, 0) is 11.6 Å². The van der Waals surface area contributed by atoms with Crippen LogP contribution in [-0.4, -0.2) is 70.3 Å². The van der Waals surface area contributed by atoms with Crippen LogP contribution in [0.2, 0.25) is 0 Å². The van der Waals surface area contributed by atoms with E-state index in [1.165, 1.54) is 0 Å². The van der Waals surface area contributed by atoms with Gasteiger partial charge in [-0.1, -0.05) is 18.2 Å². The zero-order valence-electron chi connectivity index (χ0n) is 18.6. The van der Waals surface area contributed by atoms with Crippen LogP contribution in [0.25, 0.3) is 10.9 Å². The number of para-hydroxylation sites is 1. The number of carboxylic acids is 1. The van der Waals surface area contributed by atoms with E-state index in [0.717, 1.165) is 10.9 Å². The zero-order chi connectivity index (χ0) is 26.1. The van der Waals surface area contributed by atoms with E-state index in [2.05, 4.69) is 20.9 Å². The van der Waals surface area contributed by atoms with Gasteiger partial charge in [-0.15, -0.1) is 0 Å². The highest BCUT2D eigenvalue weighted by Gasteiger charge is 2.31. The number of nitrogens with two attached hydrogens (primary N) is 3. The summed E-state index contributed by atoms with van der Waals surface area (Å²) in [5, 5.41) is 16.9. The van der Waals surface area contributed by atoms with Gasteiger partial charge in [0, 0.05) is 23.5 Å². The number of hydrogen-bond acceptors (Lipinski definition) is 7. The Labute approximate surface area is 198 Å². The van der Waals surface area contributed by atoms with Crippen molar-refractivity contribution in [2.75, 3.05) is 6.54 Å². The Kier molecular flexibility index (Phi) is 9.28. The Bertz CT molecular complexity index is 1130. The lowest BCUT2D eigenvalue weighted by molar-refractivity contribution is -0.143. The molecule has 14 nitrogen and oxygen atoms in total. The molecule has 2 aromatic rings. The van der Waals surface area contributed by atoms with Crippen LogP contribution in [0.5, 0.6) is 0 Å². The normalized spacial score (nSPS) is 13.3. The van der Waals surface area contributed by atoms with Gasteiger partial charge in [0.15, 0.2) is 0 Å². The summed E-state index contributed by atoms with van der Waals surface area (Å²) in [6.45, 7) is -0.463. The molecule has 0 spiro atoms. The minimum Gasteiger partial charge on any atom is -0.480 e. The van der Waals surface area contributed by atoms with E-state index in [0.29, 0.717) is 5.56 Å². The number of primary amides is 2. The molecule has 0 aliphatic carbocycles. The van der Waals surface area contributed by atoms with Crippen LogP contribution in [0.15, 0.2) is 30.5 Å². The van der Waals surface area contributed by atoms with E-state index in [4.69, 9.17) is 17.2 Å². The average Bonchev–Trinajstić information content (AvgIpc) is 3.19. The third-order valence-corrected chi connectivity index (χ3v) is 4.99. The fraction of sp³-hybridized carbons (Fsp3) is 0.333. The minimum atomic E-state index is -1.64. The minimum absolute atomic E-state index is 0.0986. The maximum absolute atomic E-state index is 13.0.